The number of aromatic nitrogens is 3. The van der Waals surface area contributed by atoms with E-state index in [1.807, 2.05) is 38.1 Å². The van der Waals surface area contributed by atoms with Crippen molar-refractivity contribution in [3.63, 3.8) is 0 Å². The third-order valence-corrected chi connectivity index (χ3v) is 9.87. The predicted molar refractivity (Wildman–Crippen MR) is 168 cm³/mol. The normalized spacial score (nSPS) is 19.2. The number of likely N-dealkylation sites (tertiary alicyclic amines) is 1. The summed E-state index contributed by atoms with van der Waals surface area (Å²) in [6.45, 7) is 8.37. The van der Waals surface area contributed by atoms with E-state index in [-0.39, 0.29) is 12.2 Å². The minimum absolute atomic E-state index is 0.0427. The Bertz CT molecular complexity index is 1770. The summed E-state index contributed by atoms with van der Waals surface area (Å²) >= 11 is 6.46. The molecule has 230 valence electrons. The zero-order chi connectivity index (χ0) is 30.6. The molecule has 5 aliphatic rings. The summed E-state index contributed by atoms with van der Waals surface area (Å²) in [4.78, 5) is 36.9. The standard InChI is InChI=1S/C34H37ClN4O5/c1-20-14-26(24-6-7-25(31(24)36-20)33(41)42-3)27-15-22(35)4-9-30(27)44-13-12-39-21(2)37-29-8-5-23(16-28(29)32(39)40)38-11-10-34(17-38)18-43-19-34/h4,6-7,9,14-15,23,36H,5,8,10-13,16-19H2,1-3H3. The summed E-state index contributed by atoms with van der Waals surface area (Å²) in [5.41, 5.74) is 6.76. The van der Waals surface area contributed by atoms with Gasteiger partial charge < -0.3 is 19.2 Å². The van der Waals surface area contributed by atoms with Crippen LogP contribution in [0, 0.1) is 19.3 Å². The Morgan fingerprint density at radius 2 is 2.00 bits per heavy atom. The summed E-state index contributed by atoms with van der Waals surface area (Å²) in [5.74, 6) is 0.946. The number of methoxy groups -OCH3 is 1. The predicted octanol–water partition coefficient (Wildman–Crippen LogP) is 5.06. The number of hydrogen-bond acceptors (Lipinski definition) is 7. The first-order chi connectivity index (χ1) is 21.2. The molecule has 0 saturated carbocycles. The van der Waals surface area contributed by atoms with E-state index in [0.717, 1.165) is 79.2 Å². The molecule has 2 aromatic rings. The van der Waals surface area contributed by atoms with Crippen LogP contribution in [0.2, 0.25) is 5.02 Å². The fourth-order valence-electron chi connectivity index (χ4n) is 7.25. The lowest BCUT2D eigenvalue weighted by atomic mass is 9.85. The molecule has 0 radical (unpaired) electrons. The van der Waals surface area contributed by atoms with Gasteiger partial charge in [0.25, 0.3) is 5.56 Å². The summed E-state index contributed by atoms with van der Waals surface area (Å²) < 4.78 is 18.6. The largest absolute Gasteiger partial charge is 0.491 e. The first-order valence-corrected chi connectivity index (χ1v) is 15.7. The number of pyridine rings is 1. The van der Waals surface area contributed by atoms with Crippen LogP contribution in [0.3, 0.4) is 0 Å². The van der Waals surface area contributed by atoms with E-state index in [4.69, 9.17) is 30.8 Å². The van der Waals surface area contributed by atoms with Gasteiger partial charge in [0.15, 0.2) is 0 Å². The van der Waals surface area contributed by atoms with Crippen molar-refractivity contribution < 1.29 is 19.0 Å². The van der Waals surface area contributed by atoms with Gasteiger partial charge in [-0.3, -0.25) is 14.3 Å². The van der Waals surface area contributed by atoms with E-state index in [2.05, 4.69) is 9.88 Å². The zero-order valence-corrected chi connectivity index (χ0v) is 26.1. The average molecular weight is 617 g/mol. The molecule has 9 nitrogen and oxygen atoms in total. The van der Waals surface area contributed by atoms with Crippen molar-refractivity contribution in [1.29, 1.82) is 0 Å². The molecule has 1 spiro atoms. The fourth-order valence-corrected chi connectivity index (χ4v) is 7.42. The number of nitrogens with zero attached hydrogens (tertiary/aromatic N) is 3. The number of ether oxygens (including phenoxy) is 3. The lowest BCUT2D eigenvalue weighted by Gasteiger charge is -2.39. The number of esters is 1. The van der Waals surface area contributed by atoms with Gasteiger partial charge in [-0.15, -0.1) is 0 Å². The minimum Gasteiger partial charge on any atom is -0.491 e. The first kappa shape index (κ1) is 29.1. The molecule has 0 bridgehead atoms. The van der Waals surface area contributed by atoms with E-state index in [9.17, 15) is 9.59 Å². The molecule has 1 atom stereocenters. The van der Waals surface area contributed by atoms with E-state index in [1.165, 1.54) is 13.5 Å². The topological polar surface area (TPSA) is 98.7 Å². The molecule has 2 aliphatic carbocycles. The van der Waals surface area contributed by atoms with Gasteiger partial charge in [0.05, 0.1) is 43.8 Å². The second kappa shape index (κ2) is 11.4. The molecular weight excluding hydrogens is 580 g/mol. The van der Waals surface area contributed by atoms with Crippen LogP contribution < -0.4 is 10.3 Å². The van der Waals surface area contributed by atoms with Gasteiger partial charge in [-0.25, -0.2) is 9.78 Å². The number of H-pyrrole nitrogens is 1. The van der Waals surface area contributed by atoms with Crippen LogP contribution in [0.5, 0.6) is 5.75 Å². The second-order valence-corrected chi connectivity index (χ2v) is 13.0. The molecule has 3 aliphatic heterocycles. The van der Waals surface area contributed by atoms with Crippen LogP contribution in [0.15, 0.2) is 41.2 Å². The maximum absolute atomic E-state index is 13.8. The molecule has 10 heteroatoms. The quantitative estimate of drug-likeness (QED) is 0.290. The van der Waals surface area contributed by atoms with Gasteiger partial charge in [-0.05, 0) is 82.0 Å². The van der Waals surface area contributed by atoms with Gasteiger partial charge in [-0.2, -0.15) is 0 Å². The number of rotatable bonds is 7. The van der Waals surface area contributed by atoms with Gasteiger partial charge in [0.1, 0.15) is 18.2 Å². The van der Waals surface area contributed by atoms with Gasteiger partial charge in [0, 0.05) is 45.4 Å². The summed E-state index contributed by atoms with van der Waals surface area (Å²) in [6, 6.07) is 11.6. The molecule has 4 heterocycles. The van der Waals surface area contributed by atoms with Crippen molar-refractivity contribution in [3.8, 4) is 28.1 Å². The minimum atomic E-state index is -0.404. The molecule has 1 N–H and O–H groups in total. The number of aromatic amines is 1. The second-order valence-electron chi connectivity index (χ2n) is 12.5. The number of hydrogen-bond donors (Lipinski definition) is 1. The smallest absolute Gasteiger partial charge is 0.339 e. The maximum Gasteiger partial charge on any atom is 0.339 e. The van der Waals surface area contributed by atoms with E-state index in [1.54, 1.807) is 16.7 Å². The maximum atomic E-state index is 13.8. The zero-order valence-electron chi connectivity index (χ0n) is 25.4. The monoisotopic (exact) mass is 616 g/mol. The highest BCUT2D eigenvalue weighted by Gasteiger charge is 2.46. The first-order valence-electron chi connectivity index (χ1n) is 15.3. The van der Waals surface area contributed by atoms with Gasteiger partial charge in [-0.1, -0.05) is 17.7 Å². The van der Waals surface area contributed by atoms with Crippen LogP contribution in [0.25, 0.3) is 22.4 Å². The number of benzene rings is 1. The molecule has 1 aromatic heterocycles. The van der Waals surface area contributed by atoms with Gasteiger partial charge in [0.2, 0.25) is 0 Å². The number of halogens is 1. The van der Waals surface area contributed by atoms with Crippen LogP contribution in [-0.2, 0) is 28.9 Å². The summed E-state index contributed by atoms with van der Waals surface area (Å²) in [6.07, 6.45) is 3.80. The number of aryl methyl sites for hydroxylation is 3. The SMILES string of the molecule is COC(=O)c1ccc2c(-c3cc(Cl)ccc3OCCn3c(C)nc4c(c3=O)CC(N3CCC5(COC5)C3)CC4)cc(C)[nH]c1-2. The lowest BCUT2D eigenvalue weighted by Crippen LogP contribution is -2.47. The molecule has 2 fully saturated rings. The highest BCUT2D eigenvalue weighted by Crippen LogP contribution is 2.42. The van der Waals surface area contributed by atoms with Crippen molar-refractivity contribution in [2.24, 2.45) is 5.41 Å². The van der Waals surface area contributed by atoms with E-state index in [0.29, 0.717) is 45.9 Å². The molecule has 1 aromatic carbocycles. The number of fused-ring (bicyclic) bond motifs is 2. The van der Waals surface area contributed by atoms with Crippen LogP contribution in [-0.4, -0.2) is 71.5 Å². The Hall–Kier alpha value is -3.66. The fraction of sp³-hybridized carbons (Fsp3) is 0.441. The Morgan fingerprint density at radius 3 is 2.75 bits per heavy atom. The average Bonchev–Trinajstić information content (AvgIpc) is 3.64. The molecule has 7 rings (SSSR count). The molecule has 0 amide bonds. The highest BCUT2D eigenvalue weighted by molar-refractivity contribution is 6.31. The Kier molecular flexibility index (Phi) is 7.51. The molecule has 2 saturated heterocycles. The number of carbonyl (C=O) groups is 1. The van der Waals surface area contributed by atoms with E-state index >= 15 is 0 Å². The molecule has 1 unspecified atom stereocenters. The lowest BCUT2D eigenvalue weighted by molar-refractivity contribution is -0.106. The Morgan fingerprint density at radius 1 is 1.16 bits per heavy atom. The van der Waals surface area contributed by atoms with E-state index < -0.39 is 5.97 Å². The summed E-state index contributed by atoms with van der Waals surface area (Å²) in [5, 5.41) is 0.569. The third kappa shape index (κ3) is 5.10. The number of carbonyl (C=O) groups excluding carboxylic acids is 1. The van der Waals surface area contributed by atoms with Gasteiger partial charge >= 0.3 is 5.97 Å². The van der Waals surface area contributed by atoms with Crippen LogP contribution >= 0.6 is 11.6 Å². The molecule has 44 heavy (non-hydrogen) atoms. The summed E-state index contributed by atoms with van der Waals surface area (Å²) in [7, 11) is 1.37. The highest BCUT2D eigenvalue weighted by atomic mass is 35.5. The molecular formula is C34H37ClN4O5. The van der Waals surface area contributed by atoms with Crippen LogP contribution in [0.1, 0.15) is 46.0 Å². The Balaban J connectivity index is 1.11. The van der Waals surface area contributed by atoms with Crippen molar-refractivity contribution in [2.75, 3.05) is 40.0 Å². The van der Waals surface area contributed by atoms with Crippen molar-refractivity contribution in [1.82, 2.24) is 19.4 Å². The van der Waals surface area contributed by atoms with Crippen LogP contribution in [0.4, 0.5) is 0 Å². The van der Waals surface area contributed by atoms with Crippen molar-refractivity contribution >= 4 is 17.6 Å². The third-order valence-electron chi connectivity index (χ3n) is 9.63. The van der Waals surface area contributed by atoms with Crippen molar-refractivity contribution in [2.45, 2.75) is 52.1 Å². The number of nitrogens with one attached hydrogen (secondary N) is 1. The van der Waals surface area contributed by atoms with Crippen molar-refractivity contribution in [3.05, 3.63) is 80.1 Å². The Labute approximate surface area is 261 Å².